The summed E-state index contributed by atoms with van der Waals surface area (Å²) in [6.45, 7) is 11.2. The van der Waals surface area contributed by atoms with E-state index < -0.39 is 0 Å². The van der Waals surface area contributed by atoms with Gasteiger partial charge in [-0.05, 0) is 44.2 Å². The summed E-state index contributed by atoms with van der Waals surface area (Å²) in [5.41, 5.74) is 3.88. The van der Waals surface area contributed by atoms with Crippen LogP contribution in [0.25, 0.3) is 22.5 Å². The summed E-state index contributed by atoms with van der Waals surface area (Å²) >= 11 is 6.25. The third-order valence-corrected chi connectivity index (χ3v) is 5.00. The molecule has 0 saturated heterocycles. The maximum atomic E-state index is 12.7. The third-order valence-electron chi connectivity index (χ3n) is 4.81. The van der Waals surface area contributed by atoms with E-state index in [1.807, 2.05) is 51.3 Å². The van der Waals surface area contributed by atoms with Gasteiger partial charge in [0, 0.05) is 24.3 Å². The van der Waals surface area contributed by atoms with Gasteiger partial charge in [0.2, 0.25) is 0 Å². The van der Waals surface area contributed by atoms with Crippen LogP contribution in [-0.4, -0.2) is 44.6 Å². The molecule has 1 amide bonds. The number of amides is 1. The molecule has 0 aromatic carbocycles. The Bertz CT molecular complexity index is 1180. The number of aromatic nitrogens is 4. The van der Waals surface area contributed by atoms with Crippen molar-refractivity contribution in [2.24, 2.45) is 0 Å². The molecule has 32 heavy (non-hydrogen) atoms. The van der Waals surface area contributed by atoms with Gasteiger partial charge >= 0.3 is 0 Å². The number of rotatable bonds is 9. The maximum absolute atomic E-state index is 12.7. The average Bonchev–Trinajstić information content (AvgIpc) is 3.21. The van der Waals surface area contributed by atoms with Gasteiger partial charge in [-0.2, -0.15) is 5.10 Å². The Hall–Kier alpha value is -3.29. The summed E-state index contributed by atoms with van der Waals surface area (Å²) < 4.78 is 1.66. The van der Waals surface area contributed by atoms with Gasteiger partial charge in [-0.3, -0.25) is 4.79 Å². The van der Waals surface area contributed by atoms with Gasteiger partial charge in [-0.1, -0.05) is 49.4 Å². The predicted molar refractivity (Wildman–Crippen MR) is 130 cm³/mol. The fraction of sp³-hybridized carbons (Fsp3) is 0.250. The molecule has 0 radical (unpaired) electrons. The standard InChI is InChI=1S/C24H27ClN6O/c1-5-8-9-17(6-2)20-10-11-31-23(30-20)19(15-28-31)21-12-18(13-22(25)29-21)24(32)27-14-16(4)26-7-3/h5-6,8-13,15-16,26H,2,7,14H2,1,3-4H3,(H,27,32)/b8-5-,17-9+/t16-/m0/s1. The molecule has 3 aromatic heterocycles. The molecule has 3 rings (SSSR count). The number of hydrogen-bond acceptors (Lipinski definition) is 5. The van der Waals surface area contributed by atoms with Crippen molar-refractivity contribution in [2.45, 2.75) is 26.8 Å². The monoisotopic (exact) mass is 450 g/mol. The zero-order chi connectivity index (χ0) is 23.1. The van der Waals surface area contributed by atoms with Gasteiger partial charge in [0.05, 0.1) is 23.1 Å². The quantitative estimate of drug-likeness (QED) is 0.374. The highest BCUT2D eigenvalue weighted by atomic mass is 35.5. The van der Waals surface area contributed by atoms with E-state index in [0.717, 1.165) is 17.8 Å². The van der Waals surface area contributed by atoms with Crippen LogP contribution in [0.2, 0.25) is 5.15 Å². The Balaban J connectivity index is 1.97. The number of fused-ring (bicyclic) bond motifs is 1. The third kappa shape index (κ3) is 5.49. The Morgan fingerprint density at radius 3 is 2.88 bits per heavy atom. The molecular formula is C24H27ClN6O. The molecule has 8 heteroatoms. The minimum absolute atomic E-state index is 0.164. The Morgan fingerprint density at radius 1 is 1.34 bits per heavy atom. The molecule has 0 aliphatic carbocycles. The molecule has 0 bridgehead atoms. The van der Waals surface area contributed by atoms with E-state index in [-0.39, 0.29) is 17.1 Å². The number of pyridine rings is 1. The number of carbonyl (C=O) groups is 1. The van der Waals surface area contributed by atoms with E-state index in [4.69, 9.17) is 16.6 Å². The number of likely N-dealkylation sites (N-methyl/N-ethyl adjacent to an activating group) is 1. The van der Waals surface area contributed by atoms with Crippen LogP contribution in [0.4, 0.5) is 0 Å². The second-order valence-electron chi connectivity index (χ2n) is 7.22. The van der Waals surface area contributed by atoms with Crippen LogP contribution in [0.15, 0.2) is 61.5 Å². The van der Waals surface area contributed by atoms with Gasteiger partial charge in [0.1, 0.15) is 5.15 Å². The lowest BCUT2D eigenvalue weighted by Gasteiger charge is -2.13. The van der Waals surface area contributed by atoms with E-state index in [1.54, 1.807) is 28.9 Å². The van der Waals surface area contributed by atoms with Crippen molar-refractivity contribution in [3.8, 4) is 11.3 Å². The Morgan fingerprint density at radius 2 is 2.16 bits per heavy atom. The zero-order valence-electron chi connectivity index (χ0n) is 18.5. The molecule has 3 aromatic rings. The molecule has 0 aliphatic rings. The lowest BCUT2D eigenvalue weighted by atomic mass is 10.1. The topological polar surface area (TPSA) is 84.2 Å². The number of hydrogen-bond donors (Lipinski definition) is 2. The highest BCUT2D eigenvalue weighted by Gasteiger charge is 2.16. The first-order chi connectivity index (χ1) is 15.5. The first-order valence-electron chi connectivity index (χ1n) is 10.5. The molecule has 0 saturated carbocycles. The molecule has 166 valence electrons. The van der Waals surface area contributed by atoms with Crippen molar-refractivity contribution in [1.82, 2.24) is 30.2 Å². The van der Waals surface area contributed by atoms with Crippen LogP contribution in [0.1, 0.15) is 36.8 Å². The second-order valence-corrected chi connectivity index (χ2v) is 7.61. The van der Waals surface area contributed by atoms with Gasteiger partial charge in [0.25, 0.3) is 5.91 Å². The summed E-state index contributed by atoms with van der Waals surface area (Å²) in [4.78, 5) is 21.9. The number of allylic oxidation sites excluding steroid dienone is 5. The molecule has 1 atom stereocenters. The number of nitrogens with zero attached hydrogens (tertiary/aromatic N) is 4. The highest BCUT2D eigenvalue weighted by molar-refractivity contribution is 6.30. The second kappa shape index (κ2) is 10.8. The van der Waals surface area contributed by atoms with Crippen molar-refractivity contribution in [3.63, 3.8) is 0 Å². The molecular weight excluding hydrogens is 424 g/mol. The number of nitrogens with one attached hydrogen (secondary N) is 2. The van der Waals surface area contributed by atoms with E-state index in [9.17, 15) is 4.79 Å². The van der Waals surface area contributed by atoms with Crippen LogP contribution in [0.3, 0.4) is 0 Å². The van der Waals surface area contributed by atoms with Crippen LogP contribution in [-0.2, 0) is 0 Å². The summed E-state index contributed by atoms with van der Waals surface area (Å²) in [7, 11) is 0. The molecule has 3 heterocycles. The van der Waals surface area contributed by atoms with Crippen molar-refractivity contribution < 1.29 is 4.79 Å². The normalized spacial score (nSPS) is 12.9. The van der Waals surface area contributed by atoms with Crippen LogP contribution < -0.4 is 10.6 Å². The van der Waals surface area contributed by atoms with Crippen molar-refractivity contribution in [1.29, 1.82) is 0 Å². The fourth-order valence-electron chi connectivity index (χ4n) is 3.20. The molecule has 2 N–H and O–H groups in total. The van der Waals surface area contributed by atoms with Gasteiger partial charge in [0.15, 0.2) is 5.65 Å². The van der Waals surface area contributed by atoms with Gasteiger partial charge < -0.3 is 10.6 Å². The molecule has 0 fully saturated rings. The Kier molecular flexibility index (Phi) is 7.92. The average molecular weight is 451 g/mol. The first kappa shape index (κ1) is 23.4. The summed E-state index contributed by atoms with van der Waals surface area (Å²) in [6, 6.07) is 5.29. The fourth-order valence-corrected chi connectivity index (χ4v) is 3.41. The maximum Gasteiger partial charge on any atom is 0.251 e. The number of halogens is 1. The summed E-state index contributed by atoms with van der Waals surface area (Å²) in [5.74, 6) is -0.214. The molecule has 0 unspecified atom stereocenters. The predicted octanol–water partition coefficient (Wildman–Crippen LogP) is 4.32. The minimum Gasteiger partial charge on any atom is -0.350 e. The van der Waals surface area contributed by atoms with Crippen molar-refractivity contribution in [3.05, 3.63) is 77.9 Å². The molecule has 0 aliphatic heterocycles. The smallest absolute Gasteiger partial charge is 0.251 e. The van der Waals surface area contributed by atoms with E-state index in [2.05, 4.69) is 27.3 Å². The van der Waals surface area contributed by atoms with Crippen LogP contribution in [0.5, 0.6) is 0 Å². The highest BCUT2D eigenvalue weighted by Crippen LogP contribution is 2.26. The van der Waals surface area contributed by atoms with Gasteiger partial charge in [-0.15, -0.1) is 0 Å². The lowest BCUT2D eigenvalue weighted by molar-refractivity contribution is 0.0950. The van der Waals surface area contributed by atoms with Gasteiger partial charge in [-0.25, -0.2) is 14.5 Å². The van der Waals surface area contributed by atoms with Crippen molar-refractivity contribution >= 4 is 28.7 Å². The minimum atomic E-state index is -0.214. The first-order valence-corrected chi connectivity index (χ1v) is 10.8. The van der Waals surface area contributed by atoms with Crippen LogP contribution >= 0.6 is 11.6 Å². The molecule has 0 spiro atoms. The van der Waals surface area contributed by atoms with Crippen LogP contribution in [0, 0.1) is 0 Å². The number of carbonyl (C=O) groups excluding carboxylic acids is 1. The summed E-state index contributed by atoms with van der Waals surface area (Å²) in [6.07, 6.45) is 11.1. The molecule has 7 nitrogen and oxygen atoms in total. The van der Waals surface area contributed by atoms with E-state index >= 15 is 0 Å². The zero-order valence-corrected chi connectivity index (χ0v) is 19.2. The Labute approximate surface area is 192 Å². The lowest BCUT2D eigenvalue weighted by Crippen LogP contribution is -2.38. The summed E-state index contributed by atoms with van der Waals surface area (Å²) in [5, 5.41) is 10.8. The SMILES string of the molecule is C=C/C(=C\C=C/C)c1ccn2ncc(-c3cc(C(=O)NC[C@H](C)NCC)cc(Cl)n3)c2n1. The largest absolute Gasteiger partial charge is 0.350 e. The van der Waals surface area contributed by atoms with Crippen molar-refractivity contribution in [2.75, 3.05) is 13.1 Å². The van der Waals surface area contributed by atoms with E-state index in [0.29, 0.717) is 29.0 Å². The van der Waals surface area contributed by atoms with E-state index in [1.165, 1.54) is 0 Å².